The average molecular weight is 264 g/mol. The van der Waals surface area contributed by atoms with Crippen molar-refractivity contribution in [2.45, 2.75) is 19.3 Å². The minimum Gasteiger partial charge on any atom is -0.496 e. The number of ether oxygens (including phenoxy) is 3. The van der Waals surface area contributed by atoms with Crippen LogP contribution in [0.3, 0.4) is 0 Å². The fourth-order valence-electron chi connectivity index (χ4n) is 1.95. The molecule has 0 saturated carbocycles. The molecule has 0 aromatic heterocycles. The van der Waals surface area contributed by atoms with Gasteiger partial charge in [-0.2, -0.15) is 0 Å². The number of hydrogen-bond acceptors (Lipinski definition) is 4. The molecule has 1 aromatic carbocycles. The number of carboxylic acid groups (broad SMARTS) is 1. The van der Waals surface area contributed by atoms with Crippen molar-refractivity contribution >= 4 is 12.0 Å². The van der Waals surface area contributed by atoms with Crippen LogP contribution in [0.1, 0.15) is 24.2 Å². The normalized spacial score (nSPS) is 22.8. The third kappa shape index (κ3) is 3.33. The van der Waals surface area contributed by atoms with Gasteiger partial charge in [0.1, 0.15) is 11.9 Å². The molecule has 5 heteroatoms. The van der Waals surface area contributed by atoms with Gasteiger partial charge in [0.2, 0.25) is 0 Å². The van der Waals surface area contributed by atoms with E-state index in [0.29, 0.717) is 17.9 Å². The summed E-state index contributed by atoms with van der Waals surface area (Å²) in [5.74, 6) is -0.380. The van der Waals surface area contributed by atoms with Crippen LogP contribution >= 0.6 is 0 Å². The zero-order valence-electron chi connectivity index (χ0n) is 10.8. The van der Waals surface area contributed by atoms with Crippen molar-refractivity contribution in [1.82, 2.24) is 0 Å². The van der Waals surface area contributed by atoms with Crippen LogP contribution in [0.2, 0.25) is 0 Å². The molecule has 2 unspecified atom stereocenters. The SMILES string of the molecule is COc1ccc(C2COC(C)O2)cc1C=CC(=O)O. The Morgan fingerprint density at radius 2 is 2.32 bits per heavy atom. The maximum Gasteiger partial charge on any atom is 0.328 e. The van der Waals surface area contributed by atoms with Crippen molar-refractivity contribution in [3.63, 3.8) is 0 Å². The van der Waals surface area contributed by atoms with E-state index in [0.717, 1.165) is 11.6 Å². The minimum absolute atomic E-state index is 0.127. The van der Waals surface area contributed by atoms with Gasteiger partial charge in [-0.05, 0) is 30.7 Å². The summed E-state index contributed by atoms with van der Waals surface area (Å²) in [6.45, 7) is 2.34. The molecular weight excluding hydrogens is 248 g/mol. The van der Waals surface area contributed by atoms with E-state index in [1.807, 2.05) is 19.1 Å². The van der Waals surface area contributed by atoms with Gasteiger partial charge in [-0.1, -0.05) is 6.07 Å². The molecule has 102 valence electrons. The zero-order valence-corrected chi connectivity index (χ0v) is 10.8. The van der Waals surface area contributed by atoms with Gasteiger partial charge >= 0.3 is 5.97 Å². The first-order chi connectivity index (χ1) is 9.10. The summed E-state index contributed by atoms with van der Waals surface area (Å²) in [6.07, 6.45) is 2.24. The lowest BCUT2D eigenvalue weighted by molar-refractivity contribution is -0.131. The van der Waals surface area contributed by atoms with E-state index in [9.17, 15) is 4.79 Å². The number of rotatable bonds is 4. The molecule has 0 amide bonds. The van der Waals surface area contributed by atoms with Gasteiger partial charge in [0, 0.05) is 11.6 Å². The molecule has 1 fully saturated rings. The number of aliphatic carboxylic acids is 1. The highest BCUT2D eigenvalue weighted by Crippen LogP contribution is 2.30. The summed E-state index contributed by atoms with van der Waals surface area (Å²) in [7, 11) is 1.55. The van der Waals surface area contributed by atoms with Crippen molar-refractivity contribution in [1.29, 1.82) is 0 Å². The molecule has 1 saturated heterocycles. The van der Waals surface area contributed by atoms with Crippen molar-refractivity contribution in [3.8, 4) is 5.75 Å². The van der Waals surface area contributed by atoms with Crippen LogP contribution in [-0.2, 0) is 14.3 Å². The number of benzene rings is 1. The Balaban J connectivity index is 2.27. The summed E-state index contributed by atoms with van der Waals surface area (Å²) in [6, 6.07) is 5.54. The highest BCUT2D eigenvalue weighted by Gasteiger charge is 2.24. The molecule has 1 N–H and O–H groups in total. The number of carboxylic acids is 1. The van der Waals surface area contributed by atoms with Gasteiger partial charge < -0.3 is 19.3 Å². The Kier molecular flexibility index (Phi) is 4.19. The maximum absolute atomic E-state index is 10.6. The van der Waals surface area contributed by atoms with Crippen LogP contribution in [0, 0.1) is 0 Å². The molecule has 0 aliphatic carbocycles. The van der Waals surface area contributed by atoms with Crippen LogP contribution in [0.5, 0.6) is 5.75 Å². The van der Waals surface area contributed by atoms with Crippen molar-refractivity contribution in [3.05, 3.63) is 35.4 Å². The summed E-state index contributed by atoms with van der Waals surface area (Å²) in [4.78, 5) is 10.6. The molecule has 1 aliphatic heterocycles. The van der Waals surface area contributed by atoms with Crippen LogP contribution in [-0.4, -0.2) is 31.1 Å². The highest BCUT2D eigenvalue weighted by molar-refractivity contribution is 5.86. The van der Waals surface area contributed by atoms with E-state index in [-0.39, 0.29) is 12.4 Å². The first-order valence-corrected chi connectivity index (χ1v) is 5.96. The largest absolute Gasteiger partial charge is 0.496 e. The van der Waals surface area contributed by atoms with Crippen LogP contribution < -0.4 is 4.74 Å². The number of carbonyl (C=O) groups is 1. The van der Waals surface area contributed by atoms with Gasteiger partial charge in [-0.3, -0.25) is 0 Å². The second kappa shape index (κ2) is 5.86. The van der Waals surface area contributed by atoms with E-state index < -0.39 is 5.97 Å². The maximum atomic E-state index is 10.6. The monoisotopic (exact) mass is 264 g/mol. The standard InChI is InChI=1S/C14H16O5/c1-9-18-8-13(19-9)11-3-5-12(17-2)10(7-11)4-6-14(15)16/h3-7,9,13H,8H2,1-2H3,(H,15,16). The van der Waals surface area contributed by atoms with Gasteiger partial charge in [0.25, 0.3) is 0 Å². The van der Waals surface area contributed by atoms with E-state index >= 15 is 0 Å². The fraction of sp³-hybridized carbons (Fsp3) is 0.357. The second-order valence-electron chi connectivity index (χ2n) is 4.20. The molecule has 0 spiro atoms. The Labute approximate surface area is 111 Å². The van der Waals surface area contributed by atoms with Crippen molar-refractivity contribution < 1.29 is 24.1 Å². The number of methoxy groups -OCH3 is 1. The zero-order chi connectivity index (χ0) is 13.8. The minimum atomic E-state index is -0.999. The lowest BCUT2D eigenvalue weighted by Gasteiger charge is -2.12. The summed E-state index contributed by atoms with van der Waals surface area (Å²) >= 11 is 0. The van der Waals surface area contributed by atoms with Crippen molar-refractivity contribution in [2.24, 2.45) is 0 Å². The molecule has 0 radical (unpaired) electrons. The van der Waals surface area contributed by atoms with Gasteiger partial charge in [-0.25, -0.2) is 4.79 Å². The van der Waals surface area contributed by atoms with Crippen LogP contribution in [0.25, 0.3) is 6.08 Å². The number of hydrogen-bond donors (Lipinski definition) is 1. The quantitative estimate of drug-likeness (QED) is 0.845. The Morgan fingerprint density at radius 3 is 2.89 bits per heavy atom. The van der Waals surface area contributed by atoms with E-state index in [1.165, 1.54) is 6.08 Å². The first-order valence-electron chi connectivity index (χ1n) is 5.96. The van der Waals surface area contributed by atoms with Crippen LogP contribution in [0.15, 0.2) is 24.3 Å². The molecule has 1 heterocycles. The molecule has 19 heavy (non-hydrogen) atoms. The molecular formula is C14H16O5. The molecule has 0 bridgehead atoms. The molecule has 5 nitrogen and oxygen atoms in total. The third-order valence-electron chi connectivity index (χ3n) is 2.87. The lowest BCUT2D eigenvalue weighted by atomic mass is 10.0. The summed E-state index contributed by atoms with van der Waals surface area (Å²) < 4.78 is 16.1. The van der Waals surface area contributed by atoms with Gasteiger partial charge in [0.05, 0.1) is 13.7 Å². The molecule has 2 rings (SSSR count). The van der Waals surface area contributed by atoms with Crippen LogP contribution in [0.4, 0.5) is 0 Å². The van der Waals surface area contributed by atoms with Crippen molar-refractivity contribution in [2.75, 3.05) is 13.7 Å². The van der Waals surface area contributed by atoms with Gasteiger partial charge in [0.15, 0.2) is 6.29 Å². The van der Waals surface area contributed by atoms with Gasteiger partial charge in [-0.15, -0.1) is 0 Å². The predicted octanol–water partition coefficient (Wildman–Crippen LogP) is 2.23. The molecule has 1 aromatic rings. The Morgan fingerprint density at radius 1 is 1.53 bits per heavy atom. The Hall–Kier alpha value is -1.85. The molecule has 1 aliphatic rings. The first kappa shape index (κ1) is 13.6. The topological polar surface area (TPSA) is 65.0 Å². The van der Waals surface area contributed by atoms with E-state index in [2.05, 4.69) is 0 Å². The molecule has 2 atom stereocenters. The Bertz CT molecular complexity index is 495. The smallest absolute Gasteiger partial charge is 0.328 e. The predicted molar refractivity (Wildman–Crippen MR) is 68.9 cm³/mol. The summed E-state index contributed by atoms with van der Waals surface area (Å²) in [5.41, 5.74) is 1.64. The van der Waals surface area contributed by atoms with E-state index in [1.54, 1.807) is 13.2 Å². The van der Waals surface area contributed by atoms with E-state index in [4.69, 9.17) is 19.3 Å². The highest BCUT2D eigenvalue weighted by atomic mass is 16.7. The lowest BCUT2D eigenvalue weighted by Crippen LogP contribution is -2.03. The summed E-state index contributed by atoms with van der Waals surface area (Å²) in [5, 5.41) is 8.68. The third-order valence-corrected chi connectivity index (χ3v) is 2.87. The fourth-order valence-corrected chi connectivity index (χ4v) is 1.95. The second-order valence-corrected chi connectivity index (χ2v) is 4.20. The average Bonchev–Trinajstić information content (AvgIpc) is 2.82.